The van der Waals surface area contributed by atoms with Gasteiger partial charge in [-0.15, -0.1) is 0 Å². The maximum Gasteiger partial charge on any atom is 0.309 e. The van der Waals surface area contributed by atoms with E-state index >= 15 is 0 Å². The van der Waals surface area contributed by atoms with E-state index in [9.17, 15) is 4.79 Å². The monoisotopic (exact) mass is 270 g/mol. The average Bonchev–Trinajstić information content (AvgIpc) is 2.78. The second-order valence-electron chi connectivity index (χ2n) is 5.41. The summed E-state index contributed by atoms with van der Waals surface area (Å²) in [7, 11) is 0. The first-order valence-electron chi connectivity index (χ1n) is 7.03. The van der Waals surface area contributed by atoms with Crippen molar-refractivity contribution in [1.29, 1.82) is 0 Å². The Labute approximate surface area is 117 Å². The second kappa shape index (κ2) is 5.12. The molecule has 4 heteroatoms. The van der Waals surface area contributed by atoms with Gasteiger partial charge in [-0.05, 0) is 49.8 Å². The van der Waals surface area contributed by atoms with E-state index in [-0.39, 0.29) is 6.42 Å². The molecule has 0 aliphatic heterocycles. The Bertz CT molecular complexity index is 658. The van der Waals surface area contributed by atoms with Gasteiger partial charge >= 0.3 is 5.97 Å². The molecule has 0 bridgehead atoms. The summed E-state index contributed by atoms with van der Waals surface area (Å²) in [4.78, 5) is 18.5. The minimum absolute atomic E-state index is 0.0206. The van der Waals surface area contributed by atoms with Gasteiger partial charge in [0, 0.05) is 5.56 Å². The van der Waals surface area contributed by atoms with Crippen LogP contribution in [0, 0.1) is 6.92 Å². The Morgan fingerprint density at radius 1 is 1.30 bits per heavy atom. The van der Waals surface area contributed by atoms with Gasteiger partial charge < -0.3 is 10.1 Å². The smallest absolute Gasteiger partial charge is 0.309 e. The molecule has 0 radical (unpaired) electrons. The molecule has 20 heavy (non-hydrogen) atoms. The molecular weight excluding hydrogens is 252 g/mol. The van der Waals surface area contributed by atoms with E-state index in [1.165, 1.54) is 24.0 Å². The highest BCUT2D eigenvalue weighted by molar-refractivity contribution is 5.74. The predicted octanol–water partition coefficient (Wildman–Crippen LogP) is 2.89. The normalized spacial score (nSPS) is 14.1. The van der Waals surface area contributed by atoms with Crippen molar-refractivity contribution in [3.05, 3.63) is 40.8 Å². The van der Waals surface area contributed by atoms with E-state index in [1.807, 2.05) is 6.92 Å². The number of hydrogen-bond donors (Lipinski definition) is 2. The first-order chi connectivity index (χ1) is 9.63. The van der Waals surface area contributed by atoms with Gasteiger partial charge in [0.2, 0.25) is 0 Å². The number of aromatic amines is 1. The number of imidazole rings is 1. The molecule has 2 aromatic rings. The minimum atomic E-state index is -0.840. The van der Waals surface area contributed by atoms with Gasteiger partial charge in [0.15, 0.2) is 0 Å². The highest BCUT2D eigenvalue weighted by Crippen LogP contribution is 2.28. The molecule has 2 N–H and O–H groups in total. The van der Waals surface area contributed by atoms with Crippen molar-refractivity contribution in [2.75, 3.05) is 0 Å². The number of carbonyl (C=O) groups is 1. The van der Waals surface area contributed by atoms with Crippen LogP contribution in [0.15, 0.2) is 18.2 Å². The molecule has 104 valence electrons. The van der Waals surface area contributed by atoms with Crippen molar-refractivity contribution < 1.29 is 9.90 Å². The fraction of sp³-hybridized carbons (Fsp3) is 0.375. The summed E-state index contributed by atoms with van der Waals surface area (Å²) >= 11 is 0. The number of carboxylic acids is 1. The average molecular weight is 270 g/mol. The summed E-state index contributed by atoms with van der Waals surface area (Å²) in [6.45, 7) is 1.85. The lowest BCUT2D eigenvalue weighted by Crippen LogP contribution is -2.04. The molecule has 0 spiro atoms. The Balaban J connectivity index is 2.02. The lowest BCUT2D eigenvalue weighted by Gasteiger charge is -2.16. The SMILES string of the molecule is Cc1nc(-c2ccc3c(c2)CCCC3)c(CC(=O)O)[nH]1. The summed E-state index contributed by atoms with van der Waals surface area (Å²) in [5.41, 5.74) is 5.29. The number of nitrogens with one attached hydrogen (secondary N) is 1. The molecule has 0 atom stereocenters. The van der Waals surface area contributed by atoms with Crippen LogP contribution in [0.25, 0.3) is 11.3 Å². The van der Waals surface area contributed by atoms with E-state index in [0.29, 0.717) is 5.69 Å². The summed E-state index contributed by atoms with van der Waals surface area (Å²) in [5, 5.41) is 8.99. The third-order valence-electron chi connectivity index (χ3n) is 3.85. The maximum atomic E-state index is 10.9. The third kappa shape index (κ3) is 2.46. The van der Waals surface area contributed by atoms with Crippen molar-refractivity contribution in [3.8, 4) is 11.3 Å². The second-order valence-corrected chi connectivity index (χ2v) is 5.41. The Morgan fingerprint density at radius 3 is 2.80 bits per heavy atom. The van der Waals surface area contributed by atoms with Crippen LogP contribution in [0.5, 0.6) is 0 Å². The first kappa shape index (κ1) is 12.9. The number of aliphatic carboxylic acids is 1. The maximum absolute atomic E-state index is 10.9. The number of benzene rings is 1. The van der Waals surface area contributed by atoms with Crippen LogP contribution < -0.4 is 0 Å². The lowest BCUT2D eigenvalue weighted by molar-refractivity contribution is -0.136. The van der Waals surface area contributed by atoms with Crippen molar-refractivity contribution in [1.82, 2.24) is 9.97 Å². The molecule has 0 amide bonds. The highest BCUT2D eigenvalue weighted by Gasteiger charge is 2.16. The quantitative estimate of drug-likeness (QED) is 0.901. The molecule has 1 heterocycles. The molecule has 0 fully saturated rings. The van der Waals surface area contributed by atoms with Gasteiger partial charge in [-0.25, -0.2) is 4.98 Å². The number of carboxylic acid groups (broad SMARTS) is 1. The topological polar surface area (TPSA) is 66.0 Å². The van der Waals surface area contributed by atoms with Crippen LogP contribution in [0.3, 0.4) is 0 Å². The van der Waals surface area contributed by atoms with E-state index in [2.05, 4.69) is 28.2 Å². The molecule has 1 aromatic carbocycles. The number of aryl methyl sites for hydroxylation is 3. The predicted molar refractivity (Wildman–Crippen MR) is 76.7 cm³/mol. The fourth-order valence-electron chi connectivity index (χ4n) is 2.94. The van der Waals surface area contributed by atoms with Crippen molar-refractivity contribution in [3.63, 3.8) is 0 Å². The Morgan fingerprint density at radius 2 is 2.05 bits per heavy atom. The summed E-state index contributed by atoms with van der Waals surface area (Å²) in [5.74, 6) is -0.0816. The van der Waals surface area contributed by atoms with Gasteiger partial charge in [0.05, 0.1) is 17.8 Å². The third-order valence-corrected chi connectivity index (χ3v) is 3.85. The van der Waals surface area contributed by atoms with Crippen LogP contribution in [-0.4, -0.2) is 21.0 Å². The summed E-state index contributed by atoms with van der Waals surface area (Å²) < 4.78 is 0. The Kier molecular flexibility index (Phi) is 3.30. The number of hydrogen-bond acceptors (Lipinski definition) is 2. The number of nitrogens with zero attached hydrogens (tertiary/aromatic N) is 1. The standard InChI is InChI=1S/C16H18N2O2/c1-10-17-14(9-15(19)20)16(18-10)13-7-6-11-4-2-3-5-12(11)8-13/h6-8H,2-5,9H2,1H3,(H,17,18)(H,19,20). The molecule has 1 aliphatic carbocycles. The lowest BCUT2D eigenvalue weighted by atomic mass is 9.89. The van der Waals surface area contributed by atoms with Gasteiger partial charge in [-0.1, -0.05) is 12.1 Å². The molecular formula is C16H18N2O2. The molecule has 0 saturated heterocycles. The van der Waals surface area contributed by atoms with E-state index in [4.69, 9.17) is 5.11 Å². The van der Waals surface area contributed by atoms with Crippen molar-refractivity contribution in [2.45, 2.75) is 39.0 Å². The van der Waals surface area contributed by atoms with Crippen LogP contribution in [0.2, 0.25) is 0 Å². The summed E-state index contributed by atoms with van der Waals surface area (Å²) in [6, 6.07) is 6.40. The largest absolute Gasteiger partial charge is 0.481 e. The zero-order valence-electron chi connectivity index (χ0n) is 11.6. The fourth-order valence-corrected chi connectivity index (χ4v) is 2.94. The molecule has 1 aliphatic rings. The number of rotatable bonds is 3. The molecule has 1 aromatic heterocycles. The molecule has 4 nitrogen and oxygen atoms in total. The van der Waals surface area contributed by atoms with Crippen LogP contribution in [0.4, 0.5) is 0 Å². The molecule has 0 unspecified atom stereocenters. The molecule has 0 saturated carbocycles. The van der Waals surface area contributed by atoms with Gasteiger partial charge in [0.25, 0.3) is 0 Å². The van der Waals surface area contributed by atoms with Crippen molar-refractivity contribution in [2.24, 2.45) is 0 Å². The van der Waals surface area contributed by atoms with Gasteiger partial charge in [0.1, 0.15) is 5.82 Å². The van der Waals surface area contributed by atoms with E-state index < -0.39 is 5.97 Å². The zero-order chi connectivity index (χ0) is 14.1. The minimum Gasteiger partial charge on any atom is -0.481 e. The number of fused-ring (bicyclic) bond motifs is 1. The van der Waals surface area contributed by atoms with Crippen LogP contribution in [0.1, 0.15) is 35.5 Å². The van der Waals surface area contributed by atoms with Crippen molar-refractivity contribution >= 4 is 5.97 Å². The van der Waals surface area contributed by atoms with Crippen LogP contribution >= 0.6 is 0 Å². The van der Waals surface area contributed by atoms with E-state index in [1.54, 1.807) is 0 Å². The number of H-pyrrole nitrogens is 1. The number of aromatic nitrogens is 2. The van der Waals surface area contributed by atoms with Gasteiger partial charge in [-0.3, -0.25) is 4.79 Å². The van der Waals surface area contributed by atoms with Crippen LogP contribution in [-0.2, 0) is 24.1 Å². The summed E-state index contributed by atoms with van der Waals surface area (Å²) in [6.07, 6.45) is 4.74. The first-order valence-corrected chi connectivity index (χ1v) is 7.03. The highest BCUT2D eigenvalue weighted by atomic mass is 16.4. The Hall–Kier alpha value is -2.10. The van der Waals surface area contributed by atoms with E-state index in [0.717, 1.165) is 29.9 Å². The molecule has 3 rings (SSSR count). The zero-order valence-corrected chi connectivity index (χ0v) is 11.6. The van der Waals surface area contributed by atoms with Gasteiger partial charge in [-0.2, -0.15) is 0 Å².